The first-order valence-corrected chi connectivity index (χ1v) is 6.71. The lowest BCUT2D eigenvalue weighted by molar-refractivity contribution is 0.00578. The van der Waals surface area contributed by atoms with Gasteiger partial charge in [0.05, 0.1) is 11.2 Å². The topological polar surface area (TPSA) is 31.6 Å². The highest BCUT2D eigenvalue weighted by Gasteiger charge is 2.52. The zero-order valence-corrected chi connectivity index (χ0v) is 12.3. The van der Waals surface area contributed by atoms with Crippen molar-refractivity contribution in [3.05, 3.63) is 17.6 Å². The van der Waals surface area contributed by atoms with Gasteiger partial charge in [-0.15, -0.1) is 0 Å². The molecule has 1 aromatic rings. The largest absolute Gasteiger partial charge is 0.498 e. The van der Waals surface area contributed by atoms with Crippen molar-refractivity contribution in [2.45, 2.75) is 65.6 Å². The maximum atomic E-state index is 6.04. The second-order valence-electron chi connectivity index (χ2n) is 6.06. The molecule has 0 spiro atoms. The van der Waals surface area contributed by atoms with Crippen LogP contribution in [0, 0.1) is 6.92 Å². The second kappa shape index (κ2) is 4.43. The van der Waals surface area contributed by atoms with E-state index in [1.807, 2.05) is 6.92 Å². The Balaban J connectivity index is 2.24. The molecule has 0 N–H and O–H groups in total. The van der Waals surface area contributed by atoms with Crippen LogP contribution >= 0.6 is 0 Å². The van der Waals surface area contributed by atoms with Crippen molar-refractivity contribution in [3.8, 4) is 0 Å². The van der Waals surface area contributed by atoms with Crippen LogP contribution in [0.2, 0.25) is 0 Å². The minimum atomic E-state index is -0.315. The second-order valence-corrected chi connectivity index (χ2v) is 6.06. The minimum Gasteiger partial charge on any atom is -0.467 e. The molecule has 0 unspecified atom stereocenters. The summed E-state index contributed by atoms with van der Waals surface area (Å²) in [6.45, 7) is 12.4. The highest BCUT2D eigenvalue weighted by molar-refractivity contribution is 6.62. The number of rotatable bonds is 3. The van der Waals surface area contributed by atoms with Crippen LogP contribution in [0.15, 0.2) is 10.5 Å². The van der Waals surface area contributed by atoms with E-state index in [0.29, 0.717) is 0 Å². The van der Waals surface area contributed by atoms with Crippen LogP contribution in [0.25, 0.3) is 0 Å². The van der Waals surface area contributed by atoms with Gasteiger partial charge in [-0.25, -0.2) is 0 Å². The highest BCUT2D eigenvalue weighted by atomic mass is 16.7. The summed E-state index contributed by atoms with van der Waals surface area (Å²) < 4.78 is 17.8. The van der Waals surface area contributed by atoms with E-state index in [9.17, 15) is 0 Å². The molecule has 2 rings (SSSR count). The molecule has 100 valence electrons. The third-order valence-corrected chi connectivity index (χ3v) is 4.01. The van der Waals surface area contributed by atoms with Gasteiger partial charge in [0.2, 0.25) is 0 Å². The first-order valence-electron chi connectivity index (χ1n) is 6.71. The molecule has 0 aromatic carbocycles. The normalized spacial score (nSPS) is 21.6. The van der Waals surface area contributed by atoms with Crippen molar-refractivity contribution >= 4 is 12.6 Å². The average Bonchev–Trinajstić information content (AvgIpc) is 2.66. The SMILES string of the molecule is CCCc1cc(B2OC(C)(C)C(C)(C)O2)c(C)o1. The molecule has 1 aromatic heterocycles. The van der Waals surface area contributed by atoms with Gasteiger partial charge < -0.3 is 13.7 Å². The zero-order chi connectivity index (χ0) is 13.6. The van der Waals surface area contributed by atoms with E-state index < -0.39 is 0 Å². The van der Waals surface area contributed by atoms with E-state index >= 15 is 0 Å². The van der Waals surface area contributed by atoms with Crippen molar-refractivity contribution < 1.29 is 13.7 Å². The monoisotopic (exact) mass is 250 g/mol. The molecule has 1 fully saturated rings. The molecule has 3 nitrogen and oxygen atoms in total. The summed E-state index contributed by atoms with van der Waals surface area (Å²) >= 11 is 0. The quantitative estimate of drug-likeness (QED) is 0.773. The summed E-state index contributed by atoms with van der Waals surface area (Å²) in [6.07, 6.45) is 2.04. The molecule has 2 heterocycles. The molecular formula is C14H23BO3. The van der Waals surface area contributed by atoms with E-state index in [2.05, 4.69) is 40.7 Å². The number of hydrogen-bond acceptors (Lipinski definition) is 3. The van der Waals surface area contributed by atoms with Crippen molar-refractivity contribution in [1.82, 2.24) is 0 Å². The Morgan fingerprint density at radius 3 is 2.17 bits per heavy atom. The summed E-state index contributed by atoms with van der Waals surface area (Å²) in [5.41, 5.74) is 0.426. The number of aryl methyl sites for hydroxylation is 2. The Labute approximate surface area is 110 Å². The molecule has 0 atom stereocenters. The first kappa shape index (κ1) is 13.7. The predicted molar refractivity (Wildman–Crippen MR) is 73.2 cm³/mol. The lowest BCUT2D eigenvalue weighted by Gasteiger charge is -2.32. The third kappa shape index (κ3) is 2.24. The van der Waals surface area contributed by atoms with Crippen molar-refractivity contribution in [3.63, 3.8) is 0 Å². The standard InChI is InChI=1S/C14H23BO3/c1-7-8-11-9-12(10(2)16-11)15-17-13(3,4)14(5,6)18-15/h9H,7-8H2,1-6H3. The summed E-state index contributed by atoms with van der Waals surface area (Å²) in [4.78, 5) is 0. The van der Waals surface area contributed by atoms with E-state index in [-0.39, 0.29) is 18.3 Å². The Kier molecular flexibility index (Phi) is 3.37. The van der Waals surface area contributed by atoms with Crippen molar-refractivity contribution in [2.75, 3.05) is 0 Å². The van der Waals surface area contributed by atoms with Crippen LogP contribution in [0.4, 0.5) is 0 Å². The number of furan rings is 1. The van der Waals surface area contributed by atoms with Gasteiger partial charge in [-0.05, 0) is 47.1 Å². The predicted octanol–water partition coefficient (Wildman–Crippen LogP) is 2.84. The van der Waals surface area contributed by atoms with Gasteiger partial charge in [0.15, 0.2) is 0 Å². The zero-order valence-electron chi connectivity index (χ0n) is 12.3. The van der Waals surface area contributed by atoms with Gasteiger partial charge in [-0.1, -0.05) is 6.92 Å². The van der Waals surface area contributed by atoms with Crippen LogP contribution in [-0.2, 0) is 15.7 Å². The molecule has 18 heavy (non-hydrogen) atoms. The Morgan fingerprint density at radius 1 is 1.11 bits per heavy atom. The lowest BCUT2D eigenvalue weighted by Crippen LogP contribution is -2.41. The molecule has 0 bridgehead atoms. The van der Waals surface area contributed by atoms with Crippen LogP contribution in [0.1, 0.15) is 52.6 Å². The van der Waals surface area contributed by atoms with E-state index in [1.54, 1.807) is 0 Å². The van der Waals surface area contributed by atoms with Crippen LogP contribution < -0.4 is 5.46 Å². The van der Waals surface area contributed by atoms with Gasteiger partial charge >= 0.3 is 7.12 Å². The summed E-state index contributed by atoms with van der Waals surface area (Å²) in [5, 5.41) is 0. The third-order valence-electron chi connectivity index (χ3n) is 4.01. The fraction of sp³-hybridized carbons (Fsp3) is 0.714. The molecule has 1 saturated heterocycles. The van der Waals surface area contributed by atoms with Gasteiger partial charge in [0.25, 0.3) is 0 Å². The number of hydrogen-bond donors (Lipinski definition) is 0. The summed E-state index contributed by atoms with van der Waals surface area (Å²) in [6, 6.07) is 2.07. The molecule has 0 radical (unpaired) electrons. The Morgan fingerprint density at radius 2 is 1.67 bits per heavy atom. The van der Waals surface area contributed by atoms with E-state index in [0.717, 1.165) is 29.8 Å². The summed E-state index contributed by atoms with van der Waals surface area (Å²) in [5.74, 6) is 1.91. The average molecular weight is 250 g/mol. The Hall–Kier alpha value is -0.735. The molecule has 1 aliphatic heterocycles. The van der Waals surface area contributed by atoms with Crippen molar-refractivity contribution in [1.29, 1.82) is 0 Å². The fourth-order valence-corrected chi connectivity index (χ4v) is 2.13. The van der Waals surface area contributed by atoms with Gasteiger partial charge in [-0.2, -0.15) is 0 Å². The Bertz CT molecular complexity index is 418. The van der Waals surface area contributed by atoms with Crippen molar-refractivity contribution in [2.24, 2.45) is 0 Å². The summed E-state index contributed by atoms with van der Waals surface area (Å²) in [7, 11) is -0.315. The molecule has 4 heteroatoms. The van der Waals surface area contributed by atoms with Gasteiger partial charge in [0, 0.05) is 11.9 Å². The maximum Gasteiger partial charge on any atom is 0.498 e. The van der Waals surface area contributed by atoms with Gasteiger partial charge in [0.1, 0.15) is 11.5 Å². The molecular weight excluding hydrogens is 227 g/mol. The smallest absolute Gasteiger partial charge is 0.467 e. The lowest BCUT2D eigenvalue weighted by atomic mass is 9.79. The van der Waals surface area contributed by atoms with Gasteiger partial charge in [-0.3, -0.25) is 0 Å². The molecule has 0 saturated carbocycles. The maximum absolute atomic E-state index is 6.04. The molecule has 0 amide bonds. The van der Waals surface area contributed by atoms with E-state index in [4.69, 9.17) is 13.7 Å². The minimum absolute atomic E-state index is 0.299. The molecule has 0 aliphatic carbocycles. The van der Waals surface area contributed by atoms with Crippen LogP contribution in [0.3, 0.4) is 0 Å². The van der Waals surface area contributed by atoms with Crippen LogP contribution in [0.5, 0.6) is 0 Å². The molecule has 1 aliphatic rings. The highest BCUT2D eigenvalue weighted by Crippen LogP contribution is 2.36. The first-order chi connectivity index (χ1) is 8.27. The fourth-order valence-electron chi connectivity index (χ4n) is 2.13. The van der Waals surface area contributed by atoms with Crippen LogP contribution in [-0.4, -0.2) is 18.3 Å². The van der Waals surface area contributed by atoms with E-state index in [1.165, 1.54) is 0 Å².